The normalized spacial score (nSPS) is 18.8. The van der Waals surface area contributed by atoms with Crippen molar-refractivity contribution in [2.24, 2.45) is 5.92 Å². The van der Waals surface area contributed by atoms with Gasteiger partial charge in [-0.1, -0.05) is 43.3 Å². The molecule has 1 aliphatic rings. The summed E-state index contributed by atoms with van der Waals surface area (Å²) < 4.78 is 0. The minimum Gasteiger partial charge on any atom is -0.0808 e. The molecule has 0 saturated carbocycles. The zero-order valence-corrected chi connectivity index (χ0v) is 9.83. The molecule has 0 heteroatoms. The zero-order valence-electron chi connectivity index (χ0n) is 9.83. The number of allylic oxidation sites excluding steroid dienone is 1. The third-order valence-electron chi connectivity index (χ3n) is 3.61. The molecule has 0 saturated heterocycles. The molecule has 0 amide bonds. The predicted molar refractivity (Wildman–Crippen MR) is 70.6 cm³/mol. The van der Waals surface area contributed by atoms with Crippen molar-refractivity contribution in [3.63, 3.8) is 0 Å². The van der Waals surface area contributed by atoms with E-state index in [2.05, 4.69) is 56.3 Å². The smallest absolute Gasteiger partial charge is 0.0152 e. The molecule has 0 radical (unpaired) electrons. The van der Waals surface area contributed by atoms with Crippen LogP contribution in [0.3, 0.4) is 0 Å². The van der Waals surface area contributed by atoms with Gasteiger partial charge >= 0.3 is 0 Å². The molecule has 0 fully saturated rings. The first kappa shape index (κ1) is 9.65. The van der Waals surface area contributed by atoms with Crippen molar-refractivity contribution in [3.8, 4) is 0 Å². The molecule has 2 aromatic rings. The first-order chi connectivity index (χ1) is 7.75. The van der Waals surface area contributed by atoms with Gasteiger partial charge in [0.1, 0.15) is 0 Å². The molecular formula is C16H16. The van der Waals surface area contributed by atoms with Crippen LogP contribution in [0.15, 0.2) is 36.4 Å². The molecule has 0 heterocycles. The summed E-state index contributed by atoms with van der Waals surface area (Å²) in [6.07, 6.45) is 5.78. The Labute approximate surface area is 96.6 Å². The topological polar surface area (TPSA) is 0 Å². The Bertz CT molecular complexity index is 576. The summed E-state index contributed by atoms with van der Waals surface area (Å²) >= 11 is 0. The molecule has 0 spiro atoms. The van der Waals surface area contributed by atoms with E-state index in [4.69, 9.17) is 0 Å². The molecule has 1 unspecified atom stereocenters. The number of hydrogen-bond acceptors (Lipinski definition) is 0. The fraction of sp³-hybridized carbons (Fsp3) is 0.250. The van der Waals surface area contributed by atoms with Gasteiger partial charge in [0, 0.05) is 0 Å². The van der Waals surface area contributed by atoms with Gasteiger partial charge in [-0.2, -0.15) is 0 Å². The van der Waals surface area contributed by atoms with Crippen molar-refractivity contribution >= 4 is 16.8 Å². The second kappa shape index (κ2) is 3.48. The molecule has 0 nitrogen and oxygen atoms in total. The molecule has 0 aromatic heterocycles. The third kappa shape index (κ3) is 1.37. The standard InChI is InChI=1S/C16H16/c1-11-7-8-14-10-13-5-3-4-6-15(13)12(2)16(14)9-11/h3-8,10-11H,9H2,1-2H3. The van der Waals surface area contributed by atoms with Crippen LogP contribution in [0.25, 0.3) is 16.8 Å². The molecule has 0 N–H and O–H groups in total. The molecule has 1 aliphatic carbocycles. The average molecular weight is 208 g/mol. The third-order valence-corrected chi connectivity index (χ3v) is 3.61. The van der Waals surface area contributed by atoms with Crippen molar-refractivity contribution in [2.45, 2.75) is 20.3 Å². The Hall–Kier alpha value is -1.56. The van der Waals surface area contributed by atoms with E-state index >= 15 is 0 Å². The Morgan fingerprint density at radius 1 is 1.19 bits per heavy atom. The van der Waals surface area contributed by atoms with Crippen LogP contribution in [-0.2, 0) is 6.42 Å². The van der Waals surface area contributed by atoms with E-state index in [-0.39, 0.29) is 0 Å². The number of aryl methyl sites for hydroxylation is 1. The lowest BCUT2D eigenvalue weighted by molar-refractivity contribution is 0.715. The van der Waals surface area contributed by atoms with E-state index in [1.54, 1.807) is 0 Å². The van der Waals surface area contributed by atoms with Crippen LogP contribution in [0.5, 0.6) is 0 Å². The van der Waals surface area contributed by atoms with Crippen LogP contribution < -0.4 is 0 Å². The van der Waals surface area contributed by atoms with Crippen LogP contribution in [0, 0.1) is 12.8 Å². The number of rotatable bonds is 0. The number of hydrogen-bond donors (Lipinski definition) is 0. The molecule has 80 valence electrons. The first-order valence-electron chi connectivity index (χ1n) is 5.95. The van der Waals surface area contributed by atoms with Gasteiger partial charge in [-0.05, 0) is 52.8 Å². The van der Waals surface area contributed by atoms with Crippen LogP contribution in [-0.4, -0.2) is 0 Å². The largest absolute Gasteiger partial charge is 0.0808 e. The summed E-state index contributed by atoms with van der Waals surface area (Å²) in [5, 5.41) is 2.77. The second-order valence-corrected chi connectivity index (χ2v) is 4.83. The van der Waals surface area contributed by atoms with Gasteiger partial charge in [-0.15, -0.1) is 0 Å². The summed E-state index contributed by atoms with van der Waals surface area (Å²) in [6, 6.07) is 11.0. The van der Waals surface area contributed by atoms with E-state index < -0.39 is 0 Å². The van der Waals surface area contributed by atoms with E-state index in [1.165, 1.54) is 33.9 Å². The maximum absolute atomic E-state index is 2.32. The van der Waals surface area contributed by atoms with Crippen molar-refractivity contribution in [1.82, 2.24) is 0 Å². The van der Waals surface area contributed by atoms with Crippen LogP contribution >= 0.6 is 0 Å². The zero-order chi connectivity index (χ0) is 11.1. The first-order valence-corrected chi connectivity index (χ1v) is 5.95. The number of fused-ring (bicyclic) bond motifs is 2. The highest BCUT2D eigenvalue weighted by Gasteiger charge is 2.14. The Balaban J connectivity index is 2.35. The molecule has 0 aliphatic heterocycles. The number of benzene rings is 2. The van der Waals surface area contributed by atoms with E-state index in [1.807, 2.05) is 0 Å². The van der Waals surface area contributed by atoms with Crippen molar-refractivity contribution in [1.29, 1.82) is 0 Å². The fourth-order valence-electron chi connectivity index (χ4n) is 2.68. The highest BCUT2D eigenvalue weighted by molar-refractivity contribution is 5.89. The summed E-state index contributed by atoms with van der Waals surface area (Å²) in [4.78, 5) is 0. The van der Waals surface area contributed by atoms with Gasteiger partial charge in [0.25, 0.3) is 0 Å². The van der Waals surface area contributed by atoms with E-state index in [0.717, 1.165) is 0 Å². The summed E-state index contributed by atoms with van der Waals surface area (Å²) in [5.74, 6) is 0.673. The van der Waals surface area contributed by atoms with Gasteiger partial charge in [0.15, 0.2) is 0 Å². The van der Waals surface area contributed by atoms with Crippen LogP contribution in [0.2, 0.25) is 0 Å². The van der Waals surface area contributed by atoms with Gasteiger partial charge in [-0.3, -0.25) is 0 Å². The van der Waals surface area contributed by atoms with Gasteiger partial charge in [-0.25, -0.2) is 0 Å². The summed E-state index contributed by atoms with van der Waals surface area (Å²) in [6.45, 7) is 4.54. The molecule has 0 bridgehead atoms. The van der Waals surface area contributed by atoms with Gasteiger partial charge in [0.05, 0.1) is 0 Å². The quantitative estimate of drug-likeness (QED) is 0.603. The lowest BCUT2D eigenvalue weighted by atomic mass is 9.85. The molecule has 2 aromatic carbocycles. The van der Waals surface area contributed by atoms with Crippen molar-refractivity contribution in [3.05, 3.63) is 53.1 Å². The minimum absolute atomic E-state index is 0.673. The lowest BCUT2D eigenvalue weighted by Crippen LogP contribution is -2.05. The predicted octanol–water partition coefficient (Wildman–Crippen LogP) is 4.35. The summed E-state index contributed by atoms with van der Waals surface area (Å²) in [7, 11) is 0. The highest BCUT2D eigenvalue weighted by atomic mass is 14.2. The highest BCUT2D eigenvalue weighted by Crippen LogP contribution is 2.31. The van der Waals surface area contributed by atoms with Crippen LogP contribution in [0.4, 0.5) is 0 Å². The molecule has 3 rings (SSSR count). The van der Waals surface area contributed by atoms with Crippen molar-refractivity contribution in [2.75, 3.05) is 0 Å². The monoisotopic (exact) mass is 208 g/mol. The second-order valence-electron chi connectivity index (χ2n) is 4.83. The molecule has 1 atom stereocenters. The Morgan fingerprint density at radius 2 is 2.00 bits per heavy atom. The lowest BCUT2D eigenvalue weighted by Gasteiger charge is -2.19. The van der Waals surface area contributed by atoms with Gasteiger partial charge in [0.2, 0.25) is 0 Å². The van der Waals surface area contributed by atoms with E-state index in [0.29, 0.717) is 5.92 Å². The maximum atomic E-state index is 2.32. The fourth-order valence-corrected chi connectivity index (χ4v) is 2.68. The Morgan fingerprint density at radius 3 is 2.88 bits per heavy atom. The SMILES string of the molecule is Cc1c2c(cc3ccccc13)C=CC(C)C2. The minimum atomic E-state index is 0.673. The van der Waals surface area contributed by atoms with Crippen molar-refractivity contribution < 1.29 is 0 Å². The summed E-state index contributed by atoms with van der Waals surface area (Å²) in [5.41, 5.74) is 4.41. The maximum Gasteiger partial charge on any atom is -0.0152 e. The Kier molecular flexibility index (Phi) is 2.10. The van der Waals surface area contributed by atoms with Gasteiger partial charge < -0.3 is 0 Å². The average Bonchev–Trinajstić information content (AvgIpc) is 2.31. The van der Waals surface area contributed by atoms with E-state index in [9.17, 15) is 0 Å². The molecular weight excluding hydrogens is 192 g/mol. The molecule has 16 heavy (non-hydrogen) atoms. The van der Waals surface area contributed by atoms with Crippen LogP contribution in [0.1, 0.15) is 23.6 Å².